The van der Waals surface area contributed by atoms with Gasteiger partial charge in [-0.2, -0.15) is 0 Å². The Morgan fingerprint density at radius 2 is 1.86 bits per heavy atom. The van der Waals surface area contributed by atoms with E-state index in [1.54, 1.807) is 10.4 Å². The standard InChI is InChI=1S/C18H22ClNS/c1-12(15-8-4-5-9-16(15)19)20-13(2)18-11-14-7-3-6-10-17(14)21-18/h4-5,8-9,11-13,20H,3,6-7,10H2,1-2H3/t12-,13?/m1/s1. The van der Waals surface area contributed by atoms with Crippen LogP contribution in [0.3, 0.4) is 0 Å². The van der Waals surface area contributed by atoms with Crippen LogP contribution >= 0.6 is 22.9 Å². The molecule has 21 heavy (non-hydrogen) atoms. The molecule has 0 radical (unpaired) electrons. The smallest absolute Gasteiger partial charge is 0.0453 e. The molecule has 3 heteroatoms. The van der Waals surface area contributed by atoms with Crippen molar-refractivity contribution in [2.75, 3.05) is 0 Å². The van der Waals surface area contributed by atoms with Gasteiger partial charge < -0.3 is 5.32 Å². The Bertz CT molecular complexity index is 596. The molecule has 1 aliphatic rings. The Balaban J connectivity index is 1.72. The van der Waals surface area contributed by atoms with Crippen molar-refractivity contribution in [3.63, 3.8) is 0 Å². The van der Waals surface area contributed by atoms with Gasteiger partial charge in [0, 0.05) is 26.9 Å². The molecule has 1 nitrogen and oxygen atoms in total. The highest BCUT2D eigenvalue weighted by atomic mass is 35.5. The number of rotatable bonds is 4. The molecular formula is C18H22ClNS. The normalized spacial score (nSPS) is 17.3. The summed E-state index contributed by atoms with van der Waals surface area (Å²) in [4.78, 5) is 3.07. The van der Waals surface area contributed by atoms with Gasteiger partial charge in [0.05, 0.1) is 0 Å². The molecule has 0 spiro atoms. The number of benzene rings is 1. The van der Waals surface area contributed by atoms with Crippen LogP contribution in [0.1, 0.15) is 59.7 Å². The SMILES string of the molecule is CC(N[C@H](C)c1ccccc1Cl)c1cc2c(s1)CCCC2. The third-order valence-electron chi connectivity index (χ3n) is 4.31. The average Bonchev–Trinajstić information content (AvgIpc) is 2.91. The van der Waals surface area contributed by atoms with E-state index < -0.39 is 0 Å². The quantitative estimate of drug-likeness (QED) is 0.763. The molecule has 0 fully saturated rings. The van der Waals surface area contributed by atoms with E-state index in [1.165, 1.54) is 36.1 Å². The molecule has 112 valence electrons. The van der Waals surface area contributed by atoms with Crippen LogP contribution in [0.25, 0.3) is 0 Å². The number of hydrogen-bond donors (Lipinski definition) is 1. The lowest BCUT2D eigenvalue weighted by Crippen LogP contribution is -2.22. The monoisotopic (exact) mass is 319 g/mol. The maximum absolute atomic E-state index is 6.29. The van der Waals surface area contributed by atoms with Crippen molar-refractivity contribution in [2.45, 2.75) is 51.6 Å². The van der Waals surface area contributed by atoms with Crippen molar-refractivity contribution in [1.82, 2.24) is 5.32 Å². The lowest BCUT2D eigenvalue weighted by molar-refractivity contribution is 0.500. The van der Waals surface area contributed by atoms with Gasteiger partial charge in [0.15, 0.2) is 0 Å². The zero-order valence-electron chi connectivity index (χ0n) is 12.7. The van der Waals surface area contributed by atoms with Crippen LogP contribution in [0.5, 0.6) is 0 Å². The van der Waals surface area contributed by atoms with E-state index in [1.807, 2.05) is 29.5 Å². The predicted molar refractivity (Wildman–Crippen MR) is 92.4 cm³/mol. The first kappa shape index (κ1) is 15.1. The summed E-state index contributed by atoms with van der Waals surface area (Å²) >= 11 is 8.28. The lowest BCUT2D eigenvalue weighted by atomic mass is 9.99. The van der Waals surface area contributed by atoms with E-state index in [4.69, 9.17) is 11.6 Å². The van der Waals surface area contributed by atoms with E-state index in [0.29, 0.717) is 6.04 Å². The first-order valence-corrected chi connectivity index (χ1v) is 8.96. The third-order valence-corrected chi connectivity index (χ3v) is 6.08. The second-order valence-electron chi connectivity index (χ2n) is 5.94. The summed E-state index contributed by atoms with van der Waals surface area (Å²) in [5, 5.41) is 4.53. The van der Waals surface area contributed by atoms with Gasteiger partial charge in [-0.25, -0.2) is 0 Å². The molecule has 0 bridgehead atoms. The Labute approximate surface area is 136 Å². The third kappa shape index (κ3) is 3.33. The highest BCUT2D eigenvalue weighted by Gasteiger charge is 2.18. The summed E-state index contributed by atoms with van der Waals surface area (Å²) in [6, 6.07) is 11.1. The van der Waals surface area contributed by atoms with Crippen molar-refractivity contribution >= 4 is 22.9 Å². The van der Waals surface area contributed by atoms with Crippen LogP contribution < -0.4 is 5.32 Å². The van der Waals surface area contributed by atoms with E-state index >= 15 is 0 Å². The minimum atomic E-state index is 0.257. The van der Waals surface area contributed by atoms with Gasteiger partial charge in [-0.15, -0.1) is 11.3 Å². The average molecular weight is 320 g/mol. The minimum absolute atomic E-state index is 0.257. The topological polar surface area (TPSA) is 12.0 Å². The lowest BCUT2D eigenvalue weighted by Gasteiger charge is -2.20. The van der Waals surface area contributed by atoms with Crippen molar-refractivity contribution in [1.29, 1.82) is 0 Å². The summed E-state index contributed by atoms with van der Waals surface area (Å²) in [6.45, 7) is 4.44. The molecule has 1 N–H and O–H groups in total. The fraction of sp³-hybridized carbons (Fsp3) is 0.444. The summed E-state index contributed by atoms with van der Waals surface area (Å²) in [5.41, 5.74) is 2.76. The number of halogens is 1. The van der Waals surface area contributed by atoms with Gasteiger partial charge >= 0.3 is 0 Å². The molecule has 3 rings (SSSR count). The highest BCUT2D eigenvalue weighted by Crippen LogP contribution is 2.34. The molecule has 2 aromatic rings. The second kappa shape index (κ2) is 6.51. The Morgan fingerprint density at radius 1 is 1.10 bits per heavy atom. The Hall–Kier alpha value is -0.830. The van der Waals surface area contributed by atoms with E-state index in [9.17, 15) is 0 Å². The van der Waals surface area contributed by atoms with Gasteiger partial charge in [-0.3, -0.25) is 0 Å². The molecule has 0 aliphatic heterocycles. The number of aryl methyl sites for hydroxylation is 2. The Morgan fingerprint density at radius 3 is 2.62 bits per heavy atom. The van der Waals surface area contributed by atoms with E-state index in [-0.39, 0.29) is 6.04 Å². The highest BCUT2D eigenvalue weighted by molar-refractivity contribution is 7.12. The fourth-order valence-electron chi connectivity index (χ4n) is 3.10. The maximum Gasteiger partial charge on any atom is 0.0453 e. The number of nitrogens with one attached hydrogen (secondary N) is 1. The number of fused-ring (bicyclic) bond motifs is 1. The zero-order valence-corrected chi connectivity index (χ0v) is 14.2. The molecule has 1 unspecified atom stereocenters. The molecular weight excluding hydrogens is 298 g/mol. The summed E-state index contributed by atoms with van der Waals surface area (Å²) in [6.07, 6.45) is 5.23. The van der Waals surface area contributed by atoms with Gasteiger partial charge in [0.2, 0.25) is 0 Å². The van der Waals surface area contributed by atoms with Crippen LogP contribution in [-0.4, -0.2) is 0 Å². The van der Waals surface area contributed by atoms with Crippen molar-refractivity contribution in [3.8, 4) is 0 Å². The largest absolute Gasteiger partial charge is 0.303 e. The van der Waals surface area contributed by atoms with Crippen LogP contribution in [0.2, 0.25) is 5.02 Å². The van der Waals surface area contributed by atoms with Gasteiger partial charge in [-0.05, 0) is 62.8 Å². The summed E-state index contributed by atoms with van der Waals surface area (Å²) in [5.74, 6) is 0. The van der Waals surface area contributed by atoms with Crippen LogP contribution in [-0.2, 0) is 12.8 Å². The fourth-order valence-corrected chi connectivity index (χ4v) is 4.67. The van der Waals surface area contributed by atoms with Gasteiger partial charge in [-0.1, -0.05) is 29.8 Å². The van der Waals surface area contributed by atoms with Crippen LogP contribution in [0, 0.1) is 0 Å². The molecule has 1 heterocycles. The molecule has 1 aromatic heterocycles. The second-order valence-corrected chi connectivity index (χ2v) is 7.51. The maximum atomic E-state index is 6.29. The first-order chi connectivity index (χ1) is 10.1. The molecule has 0 saturated heterocycles. The van der Waals surface area contributed by atoms with Gasteiger partial charge in [0.25, 0.3) is 0 Å². The first-order valence-electron chi connectivity index (χ1n) is 7.77. The summed E-state index contributed by atoms with van der Waals surface area (Å²) < 4.78 is 0. The summed E-state index contributed by atoms with van der Waals surface area (Å²) in [7, 11) is 0. The number of thiophene rings is 1. The molecule has 2 atom stereocenters. The van der Waals surface area contributed by atoms with Gasteiger partial charge in [0.1, 0.15) is 0 Å². The van der Waals surface area contributed by atoms with Crippen molar-refractivity contribution in [3.05, 3.63) is 56.2 Å². The van der Waals surface area contributed by atoms with Crippen LogP contribution in [0.4, 0.5) is 0 Å². The minimum Gasteiger partial charge on any atom is -0.303 e. The van der Waals surface area contributed by atoms with Crippen molar-refractivity contribution < 1.29 is 0 Å². The van der Waals surface area contributed by atoms with E-state index in [0.717, 1.165) is 5.02 Å². The predicted octanol–water partition coefficient (Wildman–Crippen LogP) is 5.69. The molecule has 1 aromatic carbocycles. The molecule has 0 saturated carbocycles. The van der Waals surface area contributed by atoms with Crippen molar-refractivity contribution in [2.24, 2.45) is 0 Å². The molecule has 0 amide bonds. The van der Waals surface area contributed by atoms with Crippen LogP contribution in [0.15, 0.2) is 30.3 Å². The Kier molecular flexibility index (Phi) is 4.68. The number of hydrogen-bond acceptors (Lipinski definition) is 2. The van der Waals surface area contributed by atoms with E-state index in [2.05, 4.69) is 31.3 Å². The molecule has 1 aliphatic carbocycles. The zero-order chi connectivity index (χ0) is 14.8.